The number of anilines is 1. The Hall–Kier alpha value is -3.34. The monoisotopic (exact) mass is 347 g/mol. The van der Waals surface area contributed by atoms with Gasteiger partial charge in [0.2, 0.25) is 6.79 Å². The summed E-state index contributed by atoms with van der Waals surface area (Å²) < 4.78 is 22.0. The normalized spacial score (nSPS) is 12.8. The van der Waals surface area contributed by atoms with Gasteiger partial charge in [0.05, 0.1) is 14.2 Å². The van der Waals surface area contributed by atoms with E-state index in [2.05, 4.69) is 12.1 Å². The van der Waals surface area contributed by atoms with Gasteiger partial charge in [0, 0.05) is 16.5 Å². The summed E-state index contributed by atoms with van der Waals surface area (Å²) in [6.07, 6.45) is 0. The molecule has 1 aliphatic rings. The van der Waals surface area contributed by atoms with Crippen LogP contribution in [0.5, 0.6) is 23.0 Å². The molecule has 130 valence electrons. The lowest BCUT2D eigenvalue weighted by Gasteiger charge is -2.15. The molecule has 0 saturated heterocycles. The van der Waals surface area contributed by atoms with Gasteiger partial charge in [-0.2, -0.15) is 0 Å². The topological polar surface area (TPSA) is 62.9 Å². The number of hydrogen-bond acceptors (Lipinski definition) is 5. The van der Waals surface area contributed by atoms with E-state index in [0.717, 1.165) is 43.8 Å². The summed E-state index contributed by atoms with van der Waals surface area (Å²) in [7, 11) is 3.27. The molecule has 0 aromatic heterocycles. The zero-order chi connectivity index (χ0) is 17.8. The molecule has 5 rings (SSSR count). The van der Waals surface area contributed by atoms with Gasteiger partial charge in [0.1, 0.15) is 0 Å². The number of nitrogen functional groups attached to an aromatic ring is 1. The number of methoxy groups -OCH3 is 2. The average molecular weight is 347 g/mol. The van der Waals surface area contributed by atoms with Crippen molar-refractivity contribution in [2.45, 2.75) is 0 Å². The second kappa shape index (κ2) is 5.33. The minimum Gasteiger partial charge on any atom is -0.493 e. The summed E-state index contributed by atoms with van der Waals surface area (Å²) in [4.78, 5) is 0. The van der Waals surface area contributed by atoms with Gasteiger partial charge in [0.25, 0.3) is 0 Å². The van der Waals surface area contributed by atoms with Crippen molar-refractivity contribution >= 4 is 38.0 Å². The molecule has 1 heterocycles. The molecule has 0 atom stereocenters. The molecule has 0 bridgehead atoms. The Morgan fingerprint density at radius 3 is 2.35 bits per heavy atom. The molecule has 0 radical (unpaired) electrons. The maximum absolute atomic E-state index is 6.48. The highest BCUT2D eigenvalue weighted by molar-refractivity contribution is 6.23. The van der Waals surface area contributed by atoms with Crippen molar-refractivity contribution in [3.63, 3.8) is 0 Å². The van der Waals surface area contributed by atoms with Crippen LogP contribution in [0.1, 0.15) is 0 Å². The van der Waals surface area contributed by atoms with Crippen LogP contribution in [0.3, 0.4) is 0 Å². The van der Waals surface area contributed by atoms with Crippen molar-refractivity contribution < 1.29 is 18.9 Å². The van der Waals surface area contributed by atoms with E-state index in [-0.39, 0.29) is 6.79 Å². The van der Waals surface area contributed by atoms with Crippen LogP contribution in [-0.4, -0.2) is 21.0 Å². The van der Waals surface area contributed by atoms with Gasteiger partial charge in [-0.1, -0.05) is 12.1 Å². The first-order valence-electron chi connectivity index (χ1n) is 8.30. The van der Waals surface area contributed by atoms with Gasteiger partial charge in [-0.15, -0.1) is 0 Å². The van der Waals surface area contributed by atoms with Crippen molar-refractivity contribution in [2.24, 2.45) is 0 Å². The highest BCUT2D eigenvalue weighted by atomic mass is 16.7. The second-order valence-electron chi connectivity index (χ2n) is 6.28. The van der Waals surface area contributed by atoms with E-state index >= 15 is 0 Å². The fourth-order valence-corrected chi connectivity index (χ4v) is 3.81. The Morgan fingerprint density at radius 2 is 1.58 bits per heavy atom. The molecule has 26 heavy (non-hydrogen) atoms. The Kier molecular flexibility index (Phi) is 3.06. The van der Waals surface area contributed by atoms with E-state index in [1.807, 2.05) is 30.3 Å². The molecule has 0 spiro atoms. The molecule has 2 N–H and O–H groups in total. The minimum atomic E-state index is 0.249. The first-order valence-corrected chi connectivity index (χ1v) is 8.30. The molecule has 5 nitrogen and oxygen atoms in total. The van der Waals surface area contributed by atoms with Crippen LogP contribution in [0.25, 0.3) is 32.3 Å². The van der Waals surface area contributed by atoms with Gasteiger partial charge in [-0.25, -0.2) is 0 Å². The maximum Gasteiger partial charge on any atom is 0.231 e. The van der Waals surface area contributed by atoms with E-state index in [4.69, 9.17) is 24.7 Å². The number of fused-ring (bicyclic) bond motifs is 6. The van der Waals surface area contributed by atoms with Crippen molar-refractivity contribution in [1.82, 2.24) is 0 Å². The molecule has 1 aliphatic heterocycles. The predicted octanol–water partition coefficient (Wildman–Crippen LogP) is 4.47. The highest BCUT2D eigenvalue weighted by Crippen LogP contribution is 2.44. The van der Waals surface area contributed by atoms with E-state index < -0.39 is 0 Å². The third-order valence-electron chi connectivity index (χ3n) is 4.98. The van der Waals surface area contributed by atoms with Crippen LogP contribution in [0, 0.1) is 0 Å². The highest BCUT2D eigenvalue weighted by Gasteiger charge is 2.18. The zero-order valence-electron chi connectivity index (χ0n) is 14.5. The fraction of sp³-hybridized carbons (Fsp3) is 0.143. The predicted molar refractivity (Wildman–Crippen MR) is 103 cm³/mol. The molecular weight excluding hydrogens is 330 g/mol. The van der Waals surface area contributed by atoms with Crippen LogP contribution in [0.2, 0.25) is 0 Å². The Balaban J connectivity index is 1.94. The lowest BCUT2D eigenvalue weighted by Crippen LogP contribution is -1.95. The summed E-state index contributed by atoms with van der Waals surface area (Å²) in [5, 5.41) is 6.16. The molecule has 4 aromatic carbocycles. The number of hydrogen-bond donors (Lipinski definition) is 1. The van der Waals surface area contributed by atoms with Crippen LogP contribution >= 0.6 is 0 Å². The van der Waals surface area contributed by atoms with Gasteiger partial charge in [-0.3, -0.25) is 0 Å². The van der Waals surface area contributed by atoms with Gasteiger partial charge < -0.3 is 24.7 Å². The van der Waals surface area contributed by atoms with Gasteiger partial charge >= 0.3 is 0 Å². The molecule has 5 heteroatoms. The number of rotatable bonds is 2. The molecule has 0 fully saturated rings. The van der Waals surface area contributed by atoms with Crippen molar-refractivity contribution in [1.29, 1.82) is 0 Å². The maximum atomic E-state index is 6.48. The van der Waals surface area contributed by atoms with Crippen molar-refractivity contribution in [3.8, 4) is 23.0 Å². The van der Waals surface area contributed by atoms with Crippen LogP contribution in [0.4, 0.5) is 5.69 Å². The van der Waals surface area contributed by atoms with E-state index in [1.165, 1.54) is 0 Å². The van der Waals surface area contributed by atoms with Crippen molar-refractivity contribution in [3.05, 3.63) is 42.5 Å². The van der Waals surface area contributed by atoms with Crippen LogP contribution in [0.15, 0.2) is 42.5 Å². The molecule has 0 unspecified atom stereocenters. The summed E-state index contributed by atoms with van der Waals surface area (Å²) >= 11 is 0. The molecule has 0 saturated carbocycles. The fourth-order valence-electron chi connectivity index (χ4n) is 3.81. The van der Waals surface area contributed by atoms with E-state index in [1.54, 1.807) is 14.2 Å². The Labute approximate surface area is 149 Å². The van der Waals surface area contributed by atoms with Crippen LogP contribution in [-0.2, 0) is 0 Å². The minimum absolute atomic E-state index is 0.249. The lowest BCUT2D eigenvalue weighted by molar-refractivity contribution is 0.174. The summed E-state index contributed by atoms with van der Waals surface area (Å²) in [5.41, 5.74) is 7.16. The van der Waals surface area contributed by atoms with Gasteiger partial charge in [0.15, 0.2) is 23.0 Å². The second-order valence-corrected chi connectivity index (χ2v) is 6.28. The average Bonchev–Trinajstić information content (AvgIpc) is 3.12. The van der Waals surface area contributed by atoms with Gasteiger partial charge in [-0.05, 0) is 51.9 Å². The Morgan fingerprint density at radius 1 is 0.808 bits per heavy atom. The third-order valence-corrected chi connectivity index (χ3v) is 4.98. The first kappa shape index (κ1) is 15.0. The lowest BCUT2D eigenvalue weighted by atomic mass is 9.95. The number of ether oxygens (including phenoxy) is 4. The quantitative estimate of drug-likeness (QED) is 0.428. The smallest absolute Gasteiger partial charge is 0.231 e. The summed E-state index contributed by atoms with van der Waals surface area (Å²) in [6.45, 7) is 0.249. The molecular formula is C21H17NO4. The zero-order valence-corrected chi connectivity index (χ0v) is 14.5. The standard InChI is InChI=1S/C21H17NO4/c1-23-17-6-5-12-13-4-3-11-7-18-19(26-10-25-18)9-14(11)20(13)16(22)8-15(12)21(17)24-2/h3-9H,10,22H2,1-2H3. The largest absolute Gasteiger partial charge is 0.493 e. The van der Waals surface area contributed by atoms with Crippen LogP contribution < -0.4 is 24.7 Å². The summed E-state index contributed by atoms with van der Waals surface area (Å²) in [5.74, 6) is 2.88. The SMILES string of the molecule is COc1ccc2c(cc(N)c3c4cc5c(cc4ccc23)OCO5)c1OC. The number of benzene rings is 4. The summed E-state index contributed by atoms with van der Waals surface area (Å²) in [6, 6.07) is 14.1. The third kappa shape index (κ3) is 1.91. The van der Waals surface area contributed by atoms with E-state index in [0.29, 0.717) is 17.2 Å². The van der Waals surface area contributed by atoms with Crippen molar-refractivity contribution in [2.75, 3.05) is 26.7 Å². The molecule has 0 amide bonds. The van der Waals surface area contributed by atoms with E-state index in [9.17, 15) is 0 Å². The Bertz CT molecular complexity index is 1200. The number of nitrogens with two attached hydrogens (primary N) is 1. The molecule has 4 aromatic rings. The first-order chi connectivity index (χ1) is 12.7. The molecule has 0 aliphatic carbocycles.